The smallest absolute Gasteiger partial charge is 0.410 e. The lowest BCUT2D eigenvalue weighted by Crippen LogP contribution is -2.48. The summed E-state index contributed by atoms with van der Waals surface area (Å²) in [6.45, 7) is 3.52. The first-order valence-corrected chi connectivity index (χ1v) is 5.58. The van der Waals surface area contributed by atoms with Crippen molar-refractivity contribution in [1.29, 1.82) is 0 Å². The molecule has 1 atom stereocenters. The van der Waals surface area contributed by atoms with Gasteiger partial charge in [0.15, 0.2) is 6.29 Å². The number of rotatable bonds is 7. The molecule has 18 heavy (non-hydrogen) atoms. The van der Waals surface area contributed by atoms with Gasteiger partial charge >= 0.3 is 12.1 Å². The minimum atomic E-state index is -0.776. The van der Waals surface area contributed by atoms with Crippen molar-refractivity contribution in [2.24, 2.45) is 0 Å². The Balaban J connectivity index is 4.80. The number of hydrogen-bond acceptors (Lipinski definition) is 6. The normalized spacial score (nSPS) is 12.1. The Kier molecular flexibility index (Phi) is 8.06. The van der Waals surface area contributed by atoms with Crippen LogP contribution < -0.4 is 0 Å². The van der Waals surface area contributed by atoms with E-state index in [2.05, 4.69) is 4.74 Å². The molecule has 0 rings (SSSR count). The molecule has 0 aliphatic rings. The predicted octanol–water partition coefficient (Wildman–Crippen LogP) is 0.625. The van der Waals surface area contributed by atoms with Gasteiger partial charge in [-0.25, -0.2) is 9.59 Å². The van der Waals surface area contributed by atoms with Crippen LogP contribution in [0.3, 0.4) is 0 Å². The molecule has 0 unspecified atom stereocenters. The lowest BCUT2D eigenvalue weighted by Gasteiger charge is -2.29. The van der Waals surface area contributed by atoms with Crippen molar-refractivity contribution < 1.29 is 28.5 Å². The number of ether oxygens (including phenoxy) is 4. The maximum atomic E-state index is 11.8. The fraction of sp³-hybridized carbons (Fsp3) is 0.818. The van der Waals surface area contributed by atoms with Crippen molar-refractivity contribution in [3.63, 3.8) is 0 Å². The predicted molar refractivity (Wildman–Crippen MR) is 63.0 cm³/mol. The van der Waals surface area contributed by atoms with Crippen LogP contribution in [0.5, 0.6) is 0 Å². The molecule has 0 radical (unpaired) electrons. The summed E-state index contributed by atoms with van der Waals surface area (Å²) in [6.07, 6.45) is -1.25. The first kappa shape index (κ1) is 16.7. The zero-order valence-corrected chi connectivity index (χ0v) is 11.5. The van der Waals surface area contributed by atoms with Crippen LogP contribution in [0.2, 0.25) is 0 Å². The van der Waals surface area contributed by atoms with Gasteiger partial charge in [0.2, 0.25) is 0 Å². The molecule has 0 aliphatic heterocycles. The zero-order chi connectivity index (χ0) is 14.1. The van der Waals surface area contributed by atoms with Gasteiger partial charge in [0.25, 0.3) is 0 Å². The summed E-state index contributed by atoms with van der Waals surface area (Å²) in [4.78, 5) is 24.4. The summed E-state index contributed by atoms with van der Waals surface area (Å²) in [7, 11) is 4.15. The zero-order valence-electron chi connectivity index (χ0n) is 11.5. The highest BCUT2D eigenvalue weighted by molar-refractivity contribution is 5.80. The molecule has 0 aromatic rings. The molecule has 0 spiro atoms. The van der Waals surface area contributed by atoms with Crippen LogP contribution in [-0.4, -0.2) is 63.8 Å². The summed E-state index contributed by atoms with van der Waals surface area (Å²) < 4.78 is 19.5. The summed E-state index contributed by atoms with van der Waals surface area (Å²) in [6, 6.07) is -0.776. The standard InChI is InChI=1S/C11H21NO6/c1-6-18-11(14)12(7-9(15-3)16-4)8(2)10(13)17-5/h8-9H,6-7H2,1-5H3/t8-/m1/s1. The van der Waals surface area contributed by atoms with E-state index >= 15 is 0 Å². The number of esters is 1. The highest BCUT2D eigenvalue weighted by Gasteiger charge is 2.30. The van der Waals surface area contributed by atoms with Gasteiger partial charge in [-0.15, -0.1) is 0 Å². The molecule has 0 fully saturated rings. The van der Waals surface area contributed by atoms with Crippen molar-refractivity contribution in [2.75, 3.05) is 34.5 Å². The maximum absolute atomic E-state index is 11.8. The Bertz CT molecular complexity index is 266. The topological polar surface area (TPSA) is 74.3 Å². The van der Waals surface area contributed by atoms with Gasteiger partial charge in [-0.2, -0.15) is 0 Å². The molecule has 0 aliphatic carbocycles. The molecule has 0 saturated heterocycles. The van der Waals surface area contributed by atoms with E-state index in [-0.39, 0.29) is 13.2 Å². The third-order valence-electron chi connectivity index (χ3n) is 2.38. The number of hydrogen-bond donors (Lipinski definition) is 0. The Hall–Kier alpha value is -1.34. The fourth-order valence-electron chi connectivity index (χ4n) is 1.30. The average Bonchev–Trinajstić information content (AvgIpc) is 2.38. The second kappa shape index (κ2) is 8.71. The van der Waals surface area contributed by atoms with E-state index in [1.54, 1.807) is 13.8 Å². The van der Waals surface area contributed by atoms with Gasteiger partial charge < -0.3 is 18.9 Å². The van der Waals surface area contributed by atoms with E-state index in [1.807, 2.05) is 0 Å². The van der Waals surface area contributed by atoms with Gasteiger partial charge in [-0.3, -0.25) is 4.90 Å². The minimum absolute atomic E-state index is 0.0715. The molecule has 0 aromatic carbocycles. The third-order valence-corrected chi connectivity index (χ3v) is 2.38. The van der Waals surface area contributed by atoms with Crippen LogP contribution in [-0.2, 0) is 23.7 Å². The number of nitrogens with zero attached hydrogens (tertiary/aromatic N) is 1. The van der Waals surface area contributed by atoms with E-state index in [0.29, 0.717) is 0 Å². The molecule has 0 N–H and O–H groups in total. The monoisotopic (exact) mass is 263 g/mol. The number of carbonyl (C=O) groups excluding carboxylic acids is 2. The van der Waals surface area contributed by atoms with Crippen LogP contribution in [0.4, 0.5) is 4.79 Å². The molecule has 106 valence electrons. The van der Waals surface area contributed by atoms with Crippen LogP contribution in [0.25, 0.3) is 0 Å². The van der Waals surface area contributed by atoms with Crippen molar-refractivity contribution in [3.05, 3.63) is 0 Å². The van der Waals surface area contributed by atoms with Gasteiger partial charge in [-0.1, -0.05) is 0 Å². The van der Waals surface area contributed by atoms with E-state index < -0.39 is 24.4 Å². The SMILES string of the molecule is CCOC(=O)N(CC(OC)OC)[C@H](C)C(=O)OC. The fourth-order valence-corrected chi connectivity index (χ4v) is 1.30. The molecule has 7 nitrogen and oxygen atoms in total. The third kappa shape index (κ3) is 4.89. The summed E-state index contributed by atoms with van der Waals surface area (Å²) in [5.74, 6) is -0.533. The Morgan fingerprint density at radius 2 is 1.72 bits per heavy atom. The molecular weight excluding hydrogens is 242 g/mol. The van der Waals surface area contributed by atoms with E-state index in [4.69, 9.17) is 14.2 Å². The van der Waals surface area contributed by atoms with Crippen molar-refractivity contribution in [2.45, 2.75) is 26.2 Å². The number of methoxy groups -OCH3 is 3. The van der Waals surface area contributed by atoms with Crippen molar-refractivity contribution >= 4 is 12.1 Å². The first-order chi connectivity index (χ1) is 8.51. The van der Waals surface area contributed by atoms with Gasteiger partial charge in [-0.05, 0) is 13.8 Å². The Labute approximate surface area is 107 Å². The molecule has 0 heterocycles. The molecule has 0 saturated carbocycles. The second-order valence-electron chi connectivity index (χ2n) is 3.45. The van der Waals surface area contributed by atoms with Crippen LogP contribution in [0.1, 0.15) is 13.8 Å². The van der Waals surface area contributed by atoms with E-state index in [1.165, 1.54) is 26.2 Å². The molecule has 1 amide bonds. The largest absolute Gasteiger partial charge is 0.467 e. The summed E-state index contributed by atoms with van der Waals surface area (Å²) in [5.41, 5.74) is 0. The van der Waals surface area contributed by atoms with Crippen LogP contribution in [0.15, 0.2) is 0 Å². The lowest BCUT2D eigenvalue weighted by molar-refractivity contribution is -0.150. The quantitative estimate of drug-likeness (QED) is 0.495. The number of carbonyl (C=O) groups is 2. The van der Waals surface area contributed by atoms with Crippen molar-refractivity contribution in [3.8, 4) is 0 Å². The van der Waals surface area contributed by atoms with Crippen molar-refractivity contribution in [1.82, 2.24) is 4.90 Å². The maximum Gasteiger partial charge on any atom is 0.410 e. The summed E-state index contributed by atoms with van der Waals surface area (Å²) >= 11 is 0. The molecule has 7 heteroatoms. The van der Waals surface area contributed by atoms with Crippen LogP contribution >= 0.6 is 0 Å². The summed E-state index contributed by atoms with van der Waals surface area (Å²) in [5, 5.41) is 0. The minimum Gasteiger partial charge on any atom is -0.467 e. The van der Waals surface area contributed by atoms with Gasteiger partial charge in [0, 0.05) is 14.2 Å². The highest BCUT2D eigenvalue weighted by atomic mass is 16.7. The van der Waals surface area contributed by atoms with E-state index in [0.717, 1.165) is 0 Å². The highest BCUT2D eigenvalue weighted by Crippen LogP contribution is 2.07. The molecule has 0 aromatic heterocycles. The Morgan fingerprint density at radius 1 is 1.17 bits per heavy atom. The second-order valence-corrected chi connectivity index (χ2v) is 3.45. The van der Waals surface area contributed by atoms with E-state index in [9.17, 15) is 9.59 Å². The Morgan fingerprint density at radius 3 is 2.11 bits per heavy atom. The molecule has 0 bridgehead atoms. The lowest BCUT2D eigenvalue weighted by atomic mass is 10.3. The number of amides is 1. The first-order valence-electron chi connectivity index (χ1n) is 5.58. The average molecular weight is 263 g/mol. The van der Waals surface area contributed by atoms with Gasteiger partial charge in [0.05, 0.1) is 20.3 Å². The molecular formula is C11H21NO6. The van der Waals surface area contributed by atoms with Gasteiger partial charge in [0.1, 0.15) is 6.04 Å². The van der Waals surface area contributed by atoms with Crippen LogP contribution in [0, 0.1) is 0 Å².